The Balaban J connectivity index is 1.84. The predicted molar refractivity (Wildman–Crippen MR) is 77.0 cm³/mol. The number of imidazole rings is 1. The average molecular weight is 287 g/mol. The Morgan fingerprint density at radius 3 is 2.95 bits per heavy atom. The van der Waals surface area contributed by atoms with Gasteiger partial charge in [-0.2, -0.15) is 0 Å². The highest BCUT2D eigenvalue weighted by Crippen LogP contribution is 2.16. The molecule has 6 heteroatoms. The van der Waals surface area contributed by atoms with Crippen molar-refractivity contribution in [3.8, 4) is 5.75 Å². The second-order valence-electron chi connectivity index (χ2n) is 4.22. The molecule has 0 aliphatic heterocycles. The van der Waals surface area contributed by atoms with Crippen molar-refractivity contribution in [2.24, 2.45) is 0 Å². The molecule has 0 saturated carbocycles. The summed E-state index contributed by atoms with van der Waals surface area (Å²) in [7, 11) is 0.313. The Morgan fingerprint density at radius 1 is 1.30 bits per heavy atom. The Labute approximate surface area is 118 Å². The van der Waals surface area contributed by atoms with E-state index in [2.05, 4.69) is 15.0 Å². The zero-order chi connectivity index (χ0) is 13.9. The maximum atomic E-state index is 12.3. The van der Waals surface area contributed by atoms with Crippen LogP contribution in [-0.4, -0.2) is 26.3 Å². The summed E-state index contributed by atoms with van der Waals surface area (Å²) in [5.74, 6) is 1.64. The number of hydrogen-bond acceptors (Lipinski definition) is 4. The van der Waals surface area contributed by atoms with Crippen molar-refractivity contribution in [2.45, 2.75) is 10.8 Å². The molecule has 2 heterocycles. The Kier molecular flexibility index (Phi) is 3.47. The number of aromatic amines is 1. The molecule has 0 spiro atoms. The number of aromatic nitrogens is 3. The minimum absolute atomic E-state index is 0.300. The van der Waals surface area contributed by atoms with Crippen molar-refractivity contribution < 1.29 is 8.95 Å². The topological polar surface area (TPSA) is 67.9 Å². The number of rotatable bonds is 4. The molecular weight excluding hydrogens is 274 g/mol. The molecule has 2 aromatic heterocycles. The van der Waals surface area contributed by atoms with Crippen LogP contribution in [0.3, 0.4) is 0 Å². The Hall–Kier alpha value is -2.21. The zero-order valence-corrected chi connectivity index (χ0v) is 11.7. The third kappa shape index (κ3) is 2.55. The van der Waals surface area contributed by atoms with Crippen molar-refractivity contribution >= 4 is 21.8 Å². The molecule has 0 radical (unpaired) electrons. The smallest absolute Gasteiger partial charge is 0.131 e. The van der Waals surface area contributed by atoms with Gasteiger partial charge in [0, 0.05) is 12.3 Å². The van der Waals surface area contributed by atoms with Crippen LogP contribution in [-0.2, 0) is 16.6 Å². The monoisotopic (exact) mass is 287 g/mol. The molecule has 5 nitrogen and oxygen atoms in total. The molecule has 0 saturated heterocycles. The molecule has 0 fully saturated rings. The lowest BCUT2D eigenvalue weighted by molar-refractivity contribution is 0.412. The number of pyridine rings is 1. The number of ether oxygens (including phenoxy) is 1. The van der Waals surface area contributed by atoms with E-state index in [4.69, 9.17) is 4.74 Å². The van der Waals surface area contributed by atoms with Gasteiger partial charge in [0.2, 0.25) is 0 Å². The molecule has 0 bridgehead atoms. The summed E-state index contributed by atoms with van der Waals surface area (Å²) in [5.41, 5.74) is 1.82. The lowest BCUT2D eigenvalue weighted by atomic mass is 10.3. The minimum Gasteiger partial charge on any atom is -0.497 e. The van der Waals surface area contributed by atoms with Gasteiger partial charge in [-0.1, -0.05) is 12.1 Å². The van der Waals surface area contributed by atoms with Crippen LogP contribution in [0.25, 0.3) is 11.0 Å². The number of nitrogens with one attached hydrogen (secondary N) is 1. The second kappa shape index (κ2) is 5.42. The second-order valence-corrected chi connectivity index (χ2v) is 5.62. The van der Waals surface area contributed by atoms with E-state index >= 15 is 0 Å². The van der Waals surface area contributed by atoms with E-state index in [1.807, 2.05) is 24.3 Å². The van der Waals surface area contributed by atoms with Gasteiger partial charge in [0.25, 0.3) is 0 Å². The summed E-state index contributed by atoms with van der Waals surface area (Å²) in [5, 5.41) is 0.491. The van der Waals surface area contributed by atoms with Gasteiger partial charge in [-0.05, 0) is 18.2 Å². The standard InChI is InChI=1S/C14H13N3O2S/c1-19-10-6-7-15-14(8-10)20(18)9-13-16-11-4-2-3-5-12(11)17-13/h2-8H,9H2,1H3,(H,16,17). The number of hydrogen-bond donors (Lipinski definition) is 1. The highest BCUT2D eigenvalue weighted by Gasteiger charge is 2.11. The van der Waals surface area contributed by atoms with E-state index in [0.717, 1.165) is 11.0 Å². The largest absolute Gasteiger partial charge is 0.497 e. The molecule has 1 atom stereocenters. The maximum absolute atomic E-state index is 12.3. The molecule has 3 rings (SSSR count). The predicted octanol–water partition coefficient (Wildman–Crippen LogP) is 2.27. The van der Waals surface area contributed by atoms with Gasteiger partial charge in [0.1, 0.15) is 16.6 Å². The lowest BCUT2D eigenvalue weighted by Crippen LogP contribution is -2.01. The minimum atomic E-state index is -1.26. The highest BCUT2D eigenvalue weighted by atomic mass is 32.2. The number of H-pyrrole nitrogens is 1. The van der Waals surface area contributed by atoms with Crippen LogP contribution in [0.5, 0.6) is 5.75 Å². The van der Waals surface area contributed by atoms with Crippen LogP contribution in [0.15, 0.2) is 47.6 Å². The Bertz CT molecular complexity index is 737. The van der Waals surface area contributed by atoms with E-state index < -0.39 is 10.8 Å². The number of para-hydroxylation sites is 2. The SMILES string of the molecule is COc1ccnc(S(=O)Cc2nc3ccccc3[nH]2)c1. The zero-order valence-electron chi connectivity index (χ0n) is 10.9. The fourth-order valence-electron chi connectivity index (χ4n) is 1.91. The summed E-state index contributed by atoms with van der Waals surface area (Å²) < 4.78 is 17.4. The first-order valence-corrected chi connectivity index (χ1v) is 7.40. The van der Waals surface area contributed by atoms with Crippen LogP contribution >= 0.6 is 0 Å². The molecule has 0 amide bonds. The van der Waals surface area contributed by atoms with Crippen LogP contribution in [0.2, 0.25) is 0 Å². The first-order chi connectivity index (χ1) is 9.76. The molecule has 1 unspecified atom stereocenters. The summed E-state index contributed by atoms with van der Waals surface area (Å²) in [6, 6.07) is 11.1. The van der Waals surface area contributed by atoms with Gasteiger partial charge in [0.05, 0.1) is 34.7 Å². The van der Waals surface area contributed by atoms with Crippen molar-refractivity contribution in [1.29, 1.82) is 0 Å². The molecule has 1 aromatic carbocycles. The number of fused-ring (bicyclic) bond motifs is 1. The normalized spacial score (nSPS) is 12.4. The first kappa shape index (κ1) is 12.8. The van der Waals surface area contributed by atoms with Gasteiger partial charge in [0.15, 0.2) is 0 Å². The van der Waals surface area contributed by atoms with E-state index in [0.29, 0.717) is 22.4 Å². The van der Waals surface area contributed by atoms with E-state index in [1.54, 1.807) is 25.4 Å². The van der Waals surface area contributed by atoms with Crippen LogP contribution < -0.4 is 4.74 Å². The summed E-state index contributed by atoms with van der Waals surface area (Å²) in [6.07, 6.45) is 1.59. The van der Waals surface area contributed by atoms with Crippen molar-refractivity contribution in [1.82, 2.24) is 15.0 Å². The number of methoxy groups -OCH3 is 1. The lowest BCUT2D eigenvalue weighted by Gasteiger charge is -2.02. The molecule has 0 aliphatic rings. The van der Waals surface area contributed by atoms with Crippen LogP contribution in [0, 0.1) is 0 Å². The fourth-order valence-corrected chi connectivity index (χ4v) is 2.87. The van der Waals surface area contributed by atoms with Gasteiger partial charge in [-0.15, -0.1) is 0 Å². The summed E-state index contributed by atoms with van der Waals surface area (Å²) in [4.78, 5) is 11.7. The fraction of sp³-hybridized carbons (Fsp3) is 0.143. The first-order valence-electron chi connectivity index (χ1n) is 6.08. The quantitative estimate of drug-likeness (QED) is 0.799. The van der Waals surface area contributed by atoms with E-state index in [9.17, 15) is 4.21 Å². The van der Waals surface area contributed by atoms with Crippen molar-refractivity contribution in [3.05, 3.63) is 48.4 Å². The van der Waals surface area contributed by atoms with Crippen LogP contribution in [0.4, 0.5) is 0 Å². The third-order valence-corrected chi connectivity index (χ3v) is 4.11. The summed E-state index contributed by atoms with van der Waals surface area (Å²) in [6.45, 7) is 0. The Morgan fingerprint density at radius 2 is 2.15 bits per heavy atom. The highest BCUT2D eigenvalue weighted by molar-refractivity contribution is 7.84. The number of benzene rings is 1. The molecule has 20 heavy (non-hydrogen) atoms. The molecule has 102 valence electrons. The van der Waals surface area contributed by atoms with Gasteiger partial charge < -0.3 is 9.72 Å². The summed E-state index contributed by atoms with van der Waals surface area (Å²) >= 11 is 0. The average Bonchev–Trinajstić information content (AvgIpc) is 2.89. The van der Waals surface area contributed by atoms with Gasteiger partial charge in [-0.3, -0.25) is 4.21 Å². The molecule has 1 N–H and O–H groups in total. The van der Waals surface area contributed by atoms with Crippen molar-refractivity contribution in [2.75, 3.05) is 7.11 Å². The van der Waals surface area contributed by atoms with Gasteiger partial charge in [-0.25, -0.2) is 9.97 Å². The molecule has 3 aromatic rings. The van der Waals surface area contributed by atoms with Gasteiger partial charge >= 0.3 is 0 Å². The number of nitrogens with zero attached hydrogens (tertiary/aromatic N) is 2. The molecule has 0 aliphatic carbocycles. The third-order valence-electron chi connectivity index (χ3n) is 2.88. The maximum Gasteiger partial charge on any atom is 0.131 e. The van der Waals surface area contributed by atoms with E-state index in [-0.39, 0.29) is 0 Å². The molecular formula is C14H13N3O2S. The van der Waals surface area contributed by atoms with Crippen LogP contribution in [0.1, 0.15) is 5.82 Å². The van der Waals surface area contributed by atoms with Crippen molar-refractivity contribution in [3.63, 3.8) is 0 Å². The van der Waals surface area contributed by atoms with E-state index in [1.165, 1.54) is 0 Å².